The van der Waals surface area contributed by atoms with Gasteiger partial charge in [-0.3, -0.25) is 4.79 Å². The molecule has 1 fully saturated rings. The van der Waals surface area contributed by atoms with Crippen LogP contribution >= 0.6 is 0 Å². The number of nitrogens with zero attached hydrogens (tertiary/aromatic N) is 4. The van der Waals surface area contributed by atoms with E-state index in [1.807, 2.05) is 48.7 Å². The third-order valence-electron chi connectivity index (χ3n) is 6.12. The minimum absolute atomic E-state index is 0.0745. The molecule has 168 valence electrons. The fourth-order valence-corrected chi connectivity index (χ4v) is 4.08. The van der Waals surface area contributed by atoms with Crippen LogP contribution in [0.3, 0.4) is 0 Å². The number of hydrogen-bond acceptors (Lipinski definition) is 4. The average Bonchev–Trinajstić information content (AvgIpc) is 3.25. The second-order valence-corrected chi connectivity index (χ2v) is 8.85. The van der Waals surface area contributed by atoms with Crippen molar-refractivity contribution in [2.24, 2.45) is 0 Å². The first-order valence-corrected chi connectivity index (χ1v) is 11.4. The first kappa shape index (κ1) is 22.2. The molecule has 0 spiro atoms. The van der Waals surface area contributed by atoms with Crippen molar-refractivity contribution in [3.05, 3.63) is 71.9 Å². The summed E-state index contributed by atoms with van der Waals surface area (Å²) in [5, 5.41) is 7.99. The summed E-state index contributed by atoms with van der Waals surface area (Å²) in [6.45, 7) is 9.55. The number of aromatic nitrogens is 2. The highest BCUT2D eigenvalue weighted by atomic mass is 16.1. The number of carbonyl (C=O) groups excluding carboxylic acids is 1. The van der Waals surface area contributed by atoms with E-state index in [9.17, 15) is 4.79 Å². The van der Waals surface area contributed by atoms with Crippen LogP contribution in [0.25, 0.3) is 16.9 Å². The highest BCUT2D eigenvalue weighted by Crippen LogP contribution is 2.25. The third kappa shape index (κ3) is 5.44. The zero-order valence-electron chi connectivity index (χ0n) is 19.3. The van der Waals surface area contributed by atoms with Crippen LogP contribution in [0.5, 0.6) is 0 Å². The number of likely N-dealkylation sites (N-methyl/N-ethyl adjacent to an activating group) is 1. The molecule has 2 heterocycles. The lowest BCUT2D eigenvalue weighted by Gasteiger charge is -2.32. The summed E-state index contributed by atoms with van der Waals surface area (Å²) >= 11 is 0. The maximum atomic E-state index is 13.3. The lowest BCUT2D eigenvalue weighted by Crippen LogP contribution is -2.46. The number of piperazine rings is 1. The van der Waals surface area contributed by atoms with Crippen molar-refractivity contribution < 1.29 is 4.79 Å². The molecule has 0 bridgehead atoms. The Morgan fingerprint density at radius 1 is 1.06 bits per heavy atom. The Hall–Kier alpha value is -2.96. The van der Waals surface area contributed by atoms with Gasteiger partial charge in [-0.25, -0.2) is 4.68 Å². The number of amides is 1. The number of nitrogens with one attached hydrogen (secondary N) is 1. The van der Waals surface area contributed by atoms with Gasteiger partial charge in [0.15, 0.2) is 0 Å². The lowest BCUT2D eigenvalue weighted by molar-refractivity contribution is 0.0932. The van der Waals surface area contributed by atoms with Crippen LogP contribution in [0, 0.1) is 6.92 Å². The minimum atomic E-state index is -0.0745. The Labute approximate surface area is 190 Å². The molecule has 6 nitrogen and oxygen atoms in total. The van der Waals surface area contributed by atoms with Crippen LogP contribution in [0.15, 0.2) is 60.8 Å². The van der Waals surface area contributed by atoms with Gasteiger partial charge in [0.25, 0.3) is 5.91 Å². The molecule has 4 rings (SSSR count). The maximum absolute atomic E-state index is 13.3. The fraction of sp³-hybridized carbons (Fsp3) is 0.385. The Balaban J connectivity index is 1.50. The molecule has 3 aromatic rings. The SMILES string of the molecule is Cc1cccc(-c2nn(-c3ccccc3)cc2C(=O)N[C@H](C)CCN2CCN(C)CC2)c1. The van der Waals surface area contributed by atoms with E-state index in [2.05, 4.69) is 48.1 Å². The molecule has 1 atom stereocenters. The molecule has 0 unspecified atom stereocenters. The van der Waals surface area contributed by atoms with Crippen LogP contribution in [-0.4, -0.2) is 71.3 Å². The first-order chi connectivity index (χ1) is 15.5. The fourth-order valence-electron chi connectivity index (χ4n) is 4.08. The highest BCUT2D eigenvalue weighted by Gasteiger charge is 2.21. The first-order valence-electron chi connectivity index (χ1n) is 11.4. The molecule has 0 radical (unpaired) electrons. The number of rotatable bonds is 7. The molecular weight excluding hydrogens is 398 g/mol. The number of para-hydroxylation sites is 1. The number of benzene rings is 2. The summed E-state index contributed by atoms with van der Waals surface area (Å²) in [6, 6.07) is 18.2. The topological polar surface area (TPSA) is 53.4 Å². The van der Waals surface area contributed by atoms with Gasteiger partial charge < -0.3 is 15.1 Å². The van der Waals surface area contributed by atoms with Gasteiger partial charge in [-0.2, -0.15) is 5.10 Å². The molecule has 0 aliphatic carbocycles. The quantitative estimate of drug-likeness (QED) is 0.621. The van der Waals surface area contributed by atoms with Crippen molar-refractivity contribution >= 4 is 5.91 Å². The van der Waals surface area contributed by atoms with Crippen LogP contribution in [0.1, 0.15) is 29.3 Å². The predicted octanol–water partition coefficient (Wildman–Crippen LogP) is 3.60. The van der Waals surface area contributed by atoms with Crippen molar-refractivity contribution in [3.63, 3.8) is 0 Å². The Bertz CT molecular complexity index is 1040. The van der Waals surface area contributed by atoms with Crippen molar-refractivity contribution in [1.82, 2.24) is 24.9 Å². The van der Waals surface area contributed by atoms with Crippen molar-refractivity contribution in [1.29, 1.82) is 0 Å². The zero-order chi connectivity index (χ0) is 22.5. The van der Waals surface area contributed by atoms with Gasteiger partial charge >= 0.3 is 0 Å². The summed E-state index contributed by atoms with van der Waals surface area (Å²) in [4.78, 5) is 18.1. The second-order valence-electron chi connectivity index (χ2n) is 8.85. The summed E-state index contributed by atoms with van der Waals surface area (Å²) in [5.41, 5.74) is 4.34. The van der Waals surface area contributed by atoms with Crippen LogP contribution < -0.4 is 5.32 Å². The Kier molecular flexibility index (Phi) is 7.02. The molecular formula is C26H33N5O. The van der Waals surface area contributed by atoms with E-state index >= 15 is 0 Å². The van der Waals surface area contributed by atoms with E-state index in [4.69, 9.17) is 5.10 Å². The Morgan fingerprint density at radius 2 is 1.81 bits per heavy atom. The van der Waals surface area contributed by atoms with Crippen molar-refractivity contribution in [2.45, 2.75) is 26.3 Å². The predicted molar refractivity (Wildman–Crippen MR) is 129 cm³/mol. The monoisotopic (exact) mass is 431 g/mol. The van der Waals surface area contributed by atoms with Gasteiger partial charge in [0.1, 0.15) is 5.69 Å². The van der Waals surface area contributed by atoms with Crippen molar-refractivity contribution in [2.75, 3.05) is 39.8 Å². The number of hydrogen-bond donors (Lipinski definition) is 1. The maximum Gasteiger partial charge on any atom is 0.255 e. The zero-order valence-corrected chi connectivity index (χ0v) is 19.3. The summed E-state index contributed by atoms with van der Waals surface area (Å²) in [6.07, 6.45) is 2.78. The highest BCUT2D eigenvalue weighted by molar-refractivity contribution is 6.00. The summed E-state index contributed by atoms with van der Waals surface area (Å²) < 4.78 is 1.79. The summed E-state index contributed by atoms with van der Waals surface area (Å²) in [7, 11) is 2.17. The van der Waals surface area contributed by atoms with E-state index in [0.29, 0.717) is 11.3 Å². The molecule has 1 aliphatic heterocycles. The van der Waals surface area contributed by atoms with Crippen LogP contribution in [-0.2, 0) is 0 Å². The van der Waals surface area contributed by atoms with Gasteiger partial charge in [-0.1, -0.05) is 42.0 Å². The molecule has 1 aliphatic rings. The van der Waals surface area contributed by atoms with E-state index in [-0.39, 0.29) is 11.9 Å². The largest absolute Gasteiger partial charge is 0.349 e. The van der Waals surface area contributed by atoms with E-state index in [1.54, 1.807) is 4.68 Å². The number of aryl methyl sites for hydroxylation is 1. The summed E-state index contributed by atoms with van der Waals surface area (Å²) in [5.74, 6) is -0.0745. The van der Waals surface area contributed by atoms with Gasteiger partial charge in [-0.05, 0) is 45.5 Å². The minimum Gasteiger partial charge on any atom is -0.349 e. The standard InChI is InChI=1S/C26H33N5O/c1-20-8-7-9-22(18-20)25-24(19-31(28-25)23-10-5-4-6-11-23)26(32)27-21(2)12-13-30-16-14-29(3)15-17-30/h4-11,18-19,21H,12-17H2,1-3H3,(H,27,32)/t21-/m1/s1. The van der Waals surface area contributed by atoms with Gasteiger partial charge in [0.2, 0.25) is 0 Å². The van der Waals surface area contributed by atoms with E-state index < -0.39 is 0 Å². The van der Waals surface area contributed by atoms with Crippen LogP contribution in [0.4, 0.5) is 0 Å². The molecule has 1 amide bonds. The molecule has 1 N–H and O–H groups in total. The molecule has 32 heavy (non-hydrogen) atoms. The molecule has 2 aromatic carbocycles. The third-order valence-corrected chi connectivity index (χ3v) is 6.12. The molecule has 1 aromatic heterocycles. The average molecular weight is 432 g/mol. The second kappa shape index (κ2) is 10.1. The smallest absolute Gasteiger partial charge is 0.255 e. The van der Waals surface area contributed by atoms with Gasteiger partial charge in [-0.15, -0.1) is 0 Å². The van der Waals surface area contributed by atoms with Crippen LogP contribution in [0.2, 0.25) is 0 Å². The lowest BCUT2D eigenvalue weighted by atomic mass is 10.0. The number of carbonyl (C=O) groups is 1. The van der Waals surface area contributed by atoms with Crippen molar-refractivity contribution in [3.8, 4) is 16.9 Å². The van der Waals surface area contributed by atoms with E-state index in [1.165, 1.54) is 0 Å². The van der Waals surface area contributed by atoms with Gasteiger partial charge in [0, 0.05) is 50.5 Å². The molecule has 1 saturated heterocycles. The Morgan fingerprint density at radius 3 is 2.53 bits per heavy atom. The molecule has 6 heteroatoms. The van der Waals surface area contributed by atoms with Gasteiger partial charge in [0.05, 0.1) is 11.3 Å². The van der Waals surface area contributed by atoms with E-state index in [0.717, 1.165) is 56.0 Å². The normalized spacial score (nSPS) is 16.1. The molecule has 0 saturated carbocycles.